The number of nitro groups is 1. The van der Waals surface area contributed by atoms with Crippen molar-refractivity contribution < 1.29 is 14.5 Å². The van der Waals surface area contributed by atoms with Gasteiger partial charge >= 0.3 is 0 Å². The largest absolute Gasteiger partial charge is 0.457 e. The molecule has 2 aromatic carbocycles. The van der Waals surface area contributed by atoms with Gasteiger partial charge in [-0.05, 0) is 56.1 Å². The average Bonchev–Trinajstić information content (AvgIpc) is 2.96. The maximum Gasteiger partial charge on any atom is 0.277 e. The highest BCUT2D eigenvalue weighted by atomic mass is 79.9. The number of hydrogen-bond acceptors (Lipinski definition) is 5. The zero-order chi connectivity index (χ0) is 19.6. The summed E-state index contributed by atoms with van der Waals surface area (Å²) in [4.78, 5) is 23.0. The highest BCUT2D eigenvalue weighted by Gasteiger charge is 2.19. The molecule has 3 rings (SSSR count). The fourth-order valence-electron chi connectivity index (χ4n) is 2.11. The highest BCUT2D eigenvalue weighted by Crippen LogP contribution is 2.31. The lowest BCUT2D eigenvalue weighted by Crippen LogP contribution is -2.13. The number of nitro benzene ring substituents is 1. The van der Waals surface area contributed by atoms with Gasteiger partial charge in [0.2, 0.25) is 0 Å². The third kappa shape index (κ3) is 4.65. The van der Waals surface area contributed by atoms with Crippen molar-refractivity contribution in [3.05, 3.63) is 72.4 Å². The Labute approximate surface area is 174 Å². The predicted molar refractivity (Wildman–Crippen MR) is 107 cm³/mol. The summed E-state index contributed by atoms with van der Waals surface area (Å²) in [6.45, 7) is 0. The van der Waals surface area contributed by atoms with E-state index >= 15 is 0 Å². The van der Waals surface area contributed by atoms with Crippen LogP contribution in [0.4, 0.5) is 11.4 Å². The van der Waals surface area contributed by atoms with E-state index in [-0.39, 0.29) is 22.8 Å². The number of aromatic amines is 1. The molecule has 1 heterocycles. The molecule has 1 aromatic heterocycles. The molecule has 0 aliphatic carbocycles. The fraction of sp³-hybridized carbons (Fsp3) is 0. The number of halogens is 3. The lowest BCUT2D eigenvalue weighted by atomic mass is 10.2. The molecule has 11 heteroatoms. The van der Waals surface area contributed by atoms with E-state index in [0.29, 0.717) is 19.8 Å². The van der Waals surface area contributed by atoms with Gasteiger partial charge in [-0.25, -0.2) is 0 Å². The molecule has 0 spiro atoms. The first-order chi connectivity index (χ1) is 12.8. The van der Waals surface area contributed by atoms with Gasteiger partial charge in [0.1, 0.15) is 16.1 Å². The lowest BCUT2D eigenvalue weighted by Gasteiger charge is -2.09. The molecule has 1 amide bonds. The van der Waals surface area contributed by atoms with E-state index in [1.807, 2.05) is 0 Å². The van der Waals surface area contributed by atoms with Gasteiger partial charge in [-0.15, -0.1) is 0 Å². The summed E-state index contributed by atoms with van der Waals surface area (Å²) in [7, 11) is 0. The van der Waals surface area contributed by atoms with Crippen molar-refractivity contribution in [2.75, 3.05) is 5.32 Å². The third-order valence-corrected chi connectivity index (χ3v) is 5.42. The Morgan fingerprint density at radius 2 is 1.89 bits per heavy atom. The first-order valence-corrected chi connectivity index (χ1v) is 9.23. The number of ether oxygens (including phenoxy) is 1. The Hall–Kier alpha value is -2.43. The molecule has 0 unspecified atom stereocenters. The Bertz CT molecular complexity index is 1020. The molecule has 0 saturated carbocycles. The van der Waals surface area contributed by atoms with E-state index in [2.05, 4.69) is 47.4 Å². The summed E-state index contributed by atoms with van der Waals surface area (Å²) in [6, 6.07) is 10.5. The maximum absolute atomic E-state index is 12.4. The van der Waals surface area contributed by atoms with Crippen molar-refractivity contribution in [1.82, 2.24) is 10.2 Å². The Balaban J connectivity index is 1.89. The van der Waals surface area contributed by atoms with Crippen LogP contribution in [0, 0.1) is 10.1 Å². The van der Waals surface area contributed by atoms with Gasteiger partial charge in [-0.2, -0.15) is 5.10 Å². The first-order valence-electron chi connectivity index (χ1n) is 7.27. The molecular formula is C16H9Br2ClN4O4. The molecule has 2 N–H and O–H groups in total. The van der Waals surface area contributed by atoms with Crippen LogP contribution in [0.25, 0.3) is 0 Å². The summed E-state index contributed by atoms with van der Waals surface area (Å²) in [5.74, 6) is 0.0713. The number of nitrogens with one attached hydrogen (secondary N) is 2. The second-order valence-electron chi connectivity index (χ2n) is 5.18. The molecule has 0 bridgehead atoms. The molecule has 3 aromatic rings. The van der Waals surface area contributed by atoms with Crippen LogP contribution in [0.5, 0.6) is 11.5 Å². The Morgan fingerprint density at radius 1 is 1.19 bits per heavy atom. The molecule has 0 aliphatic heterocycles. The van der Waals surface area contributed by atoms with E-state index in [1.165, 1.54) is 18.2 Å². The number of hydrogen-bond donors (Lipinski definition) is 2. The number of nitrogens with zero attached hydrogens (tertiary/aromatic N) is 2. The van der Waals surface area contributed by atoms with E-state index in [0.717, 1.165) is 0 Å². The standard InChI is InChI=1S/C16H9Br2ClN4O4/c17-13-14(21-22-15(13)18)16(24)20-9-5-10(23(25)26)7-12(6-9)27-11-3-1-8(19)2-4-11/h1-7H,(H,20,24)(H,21,22). The van der Waals surface area contributed by atoms with E-state index in [1.54, 1.807) is 24.3 Å². The Kier molecular flexibility index (Phi) is 5.78. The van der Waals surface area contributed by atoms with Crippen LogP contribution in [-0.2, 0) is 0 Å². The molecule has 0 atom stereocenters. The van der Waals surface area contributed by atoms with Crippen LogP contribution < -0.4 is 10.1 Å². The molecule has 0 radical (unpaired) electrons. The average molecular weight is 517 g/mol. The SMILES string of the molecule is O=C(Nc1cc(Oc2ccc(Cl)cc2)cc([N+](=O)[O-])c1)c1n[nH]c(Br)c1Br. The van der Waals surface area contributed by atoms with Crippen molar-refractivity contribution in [2.45, 2.75) is 0 Å². The van der Waals surface area contributed by atoms with Crippen molar-refractivity contribution in [3.8, 4) is 11.5 Å². The molecule has 8 nitrogen and oxygen atoms in total. The number of anilines is 1. The number of H-pyrrole nitrogens is 1. The van der Waals surface area contributed by atoms with Crippen molar-refractivity contribution in [1.29, 1.82) is 0 Å². The minimum Gasteiger partial charge on any atom is -0.457 e. The van der Waals surface area contributed by atoms with Crippen molar-refractivity contribution in [2.24, 2.45) is 0 Å². The maximum atomic E-state index is 12.4. The zero-order valence-electron chi connectivity index (χ0n) is 13.2. The monoisotopic (exact) mass is 514 g/mol. The summed E-state index contributed by atoms with van der Waals surface area (Å²) in [5, 5.41) is 20.8. The molecule has 138 valence electrons. The van der Waals surface area contributed by atoms with Crippen molar-refractivity contribution in [3.63, 3.8) is 0 Å². The number of carbonyl (C=O) groups excluding carboxylic acids is 1. The van der Waals surface area contributed by atoms with Crippen LogP contribution in [-0.4, -0.2) is 21.0 Å². The minimum absolute atomic E-state index is 0.0913. The lowest BCUT2D eigenvalue weighted by molar-refractivity contribution is -0.384. The van der Waals surface area contributed by atoms with Gasteiger partial charge in [0.25, 0.3) is 11.6 Å². The summed E-state index contributed by atoms with van der Waals surface area (Å²) in [6.07, 6.45) is 0. The van der Waals surface area contributed by atoms with Crippen molar-refractivity contribution >= 4 is 60.7 Å². The van der Waals surface area contributed by atoms with Gasteiger partial charge < -0.3 is 10.1 Å². The quantitative estimate of drug-likeness (QED) is 0.342. The van der Waals surface area contributed by atoms with Gasteiger partial charge in [-0.1, -0.05) is 11.6 Å². The molecule has 0 aliphatic rings. The molecule has 27 heavy (non-hydrogen) atoms. The smallest absolute Gasteiger partial charge is 0.277 e. The van der Waals surface area contributed by atoms with Gasteiger partial charge in [0.05, 0.1) is 21.1 Å². The summed E-state index contributed by atoms with van der Waals surface area (Å²) in [5.41, 5.74) is 0.0387. The minimum atomic E-state index is -0.578. The third-order valence-electron chi connectivity index (χ3n) is 3.29. The van der Waals surface area contributed by atoms with E-state index < -0.39 is 10.8 Å². The molecular weight excluding hydrogens is 507 g/mol. The summed E-state index contributed by atoms with van der Waals surface area (Å²) < 4.78 is 6.56. The molecule has 0 saturated heterocycles. The number of benzene rings is 2. The van der Waals surface area contributed by atoms with Crippen LogP contribution in [0.15, 0.2) is 51.5 Å². The van der Waals surface area contributed by atoms with Gasteiger partial charge in [-0.3, -0.25) is 20.0 Å². The Morgan fingerprint density at radius 3 is 2.48 bits per heavy atom. The zero-order valence-corrected chi connectivity index (χ0v) is 17.1. The predicted octanol–water partition coefficient (Wildman–Crippen LogP) is 5.54. The van der Waals surface area contributed by atoms with Gasteiger partial charge in [0, 0.05) is 17.2 Å². The van der Waals surface area contributed by atoms with Crippen LogP contribution in [0.1, 0.15) is 10.5 Å². The highest BCUT2D eigenvalue weighted by molar-refractivity contribution is 9.13. The van der Waals surface area contributed by atoms with Crippen LogP contribution in [0.2, 0.25) is 5.02 Å². The van der Waals surface area contributed by atoms with E-state index in [9.17, 15) is 14.9 Å². The number of rotatable bonds is 5. The number of amides is 1. The first kappa shape index (κ1) is 19.3. The van der Waals surface area contributed by atoms with E-state index in [4.69, 9.17) is 16.3 Å². The summed E-state index contributed by atoms with van der Waals surface area (Å²) >= 11 is 12.2. The normalized spacial score (nSPS) is 10.5. The van der Waals surface area contributed by atoms with Crippen LogP contribution in [0.3, 0.4) is 0 Å². The number of non-ortho nitro benzene ring substituents is 1. The number of carbonyl (C=O) groups is 1. The fourth-order valence-corrected chi connectivity index (χ4v) is 2.87. The van der Waals surface area contributed by atoms with Crippen LogP contribution >= 0.6 is 43.5 Å². The topological polar surface area (TPSA) is 110 Å². The second kappa shape index (κ2) is 8.07. The second-order valence-corrected chi connectivity index (χ2v) is 7.21. The number of aromatic nitrogens is 2. The molecule has 0 fully saturated rings. The van der Waals surface area contributed by atoms with Gasteiger partial charge in [0.15, 0.2) is 5.69 Å².